The van der Waals surface area contributed by atoms with Crippen LogP contribution in [0.5, 0.6) is 0 Å². The van der Waals surface area contributed by atoms with Crippen molar-refractivity contribution in [2.24, 2.45) is 0 Å². The van der Waals surface area contributed by atoms with Crippen LogP contribution in [0.1, 0.15) is 88.0 Å². The van der Waals surface area contributed by atoms with Crippen LogP contribution < -0.4 is 0 Å². The lowest BCUT2D eigenvalue weighted by atomic mass is 9.87. The zero-order chi connectivity index (χ0) is 27.0. The van der Waals surface area contributed by atoms with Crippen molar-refractivity contribution < 1.29 is 28.6 Å². The summed E-state index contributed by atoms with van der Waals surface area (Å²) in [5.74, 6) is 1.46. The van der Waals surface area contributed by atoms with Gasteiger partial charge in [-0.05, 0) is 75.2 Å². The molecule has 2 atom stereocenters. The molecule has 200 valence electrons. The molecule has 2 unspecified atom stereocenters. The van der Waals surface area contributed by atoms with E-state index in [0.717, 1.165) is 25.7 Å². The van der Waals surface area contributed by atoms with E-state index in [1.807, 2.05) is 72.1 Å². The zero-order valence-electron chi connectivity index (χ0n) is 23.2. The molecule has 0 amide bonds. The van der Waals surface area contributed by atoms with Gasteiger partial charge in [0.15, 0.2) is 0 Å². The average molecular weight is 495 g/mol. The molecule has 8 nitrogen and oxygen atoms in total. The molecule has 35 heavy (non-hydrogen) atoms. The first-order valence-corrected chi connectivity index (χ1v) is 12.5. The van der Waals surface area contributed by atoms with Gasteiger partial charge in [0.05, 0.1) is 26.2 Å². The highest BCUT2D eigenvalue weighted by Crippen LogP contribution is 2.28. The molecule has 8 heteroatoms. The second kappa shape index (κ2) is 12.7. The van der Waals surface area contributed by atoms with Crippen LogP contribution in [-0.4, -0.2) is 82.8 Å². The van der Waals surface area contributed by atoms with E-state index in [1.165, 1.54) is 0 Å². The maximum absolute atomic E-state index is 12.8. The molecule has 1 fully saturated rings. The smallest absolute Gasteiger partial charge is 0.320 e. The SMILES string of the molecule is C#CCN(CC(=O)OC(C)(C)C)C1CCCCC1N(CC(=O)OC(C)(C)C)CC(=O)OC(C)(C)C. The molecule has 0 bridgehead atoms. The van der Waals surface area contributed by atoms with Crippen LogP contribution in [0.3, 0.4) is 0 Å². The van der Waals surface area contributed by atoms with Crippen molar-refractivity contribution in [3.8, 4) is 12.3 Å². The molecular formula is C27H46N2O6. The van der Waals surface area contributed by atoms with Crippen LogP contribution in [0.4, 0.5) is 0 Å². The monoisotopic (exact) mass is 494 g/mol. The second-order valence-corrected chi connectivity index (χ2v) is 12.2. The van der Waals surface area contributed by atoms with E-state index in [4.69, 9.17) is 20.6 Å². The lowest BCUT2D eigenvalue weighted by Gasteiger charge is -2.44. The van der Waals surface area contributed by atoms with Crippen LogP contribution >= 0.6 is 0 Å². The van der Waals surface area contributed by atoms with Crippen molar-refractivity contribution in [3.63, 3.8) is 0 Å². The lowest BCUT2D eigenvalue weighted by Crippen LogP contribution is -2.57. The van der Waals surface area contributed by atoms with E-state index in [2.05, 4.69) is 5.92 Å². The summed E-state index contributed by atoms with van der Waals surface area (Å²) >= 11 is 0. The van der Waals surface area contributed by atoms with Gasteiger partial charge in [-0.3, -0.25) is 24.2 Å². The van der Waals surface area contributed by atoms with Crippen molar-refractivity contribution >= 4 is 17.9 Å². The molecule has 0 aromatic heterocycles. The first kappa shape index (κ1) is 30.9. The van der Waals surface area contributed by atoms with E-state index in [9.17, 15) is 14.4 Å². The Morgan fingerprint density at radius 3 is 1.31 bits per heavy atom. The Morgan fingerprint density at radius 2 is 1.00 bits per heavy atom. The molecule has 0 radical (unpaired) electrons. The number of ether oxygens (including phenoxy) is 3. The van der Waals surface area contributed by atoms with E-state index in [0.29, 0.717) is 0 Å². The Labute approximate surface area is 212 Å². The maximum atomic E-state index is 12.8. The van der Waals surface area contributed by atoms with Gasteiger partial charge in [-0.25, -0.2) is 0 Å². The van der Waals surface area contributed by atoms with Gasteiger partial charge in [0.25, 0.3) is 0 Å². The number of carbonyl (C=O) groups is 3. The van der Waals surface area contributed by atoms with Crippen LogP contribution in [0.15, 0.2) is 0 Å². The first-order valence-electron chi connectivity index (χ1n) is 12.5. The predicted molar refractivity (Wildman–Crippen MR) is 136 cm³/mol. The minimum Gasteiger partial charge on any atom is -0.459 e. The summed E-state index contributed by atoms with van der Waals surface area (Å²) in [5, 5.41) is 0. The van der Waals surface area contributed by atoms with Crippen molar-refractivity contribution in [2.75, 3.05) is 26.2 Å². The van der Waals surface area contributed by atoms with Gasteiger partial charge < -0.3 is 14.2 Å². The first-order chi connectivity index (χ1) is 15.9. The van der Waals surface area contributed by atoms with Gasteiger partial charge in [-0.15, -0.1) is 6.42 Å². The quantitative estimate of drug-likeness (QED) is 0.273. The Bertz CT molecular complexity index is 737. The third-order valence-corrected chi connectivity index (χ3v) is 5.18. The lowest BCUT2D eigenvalue weighted by molar-refractivity contribution is -0.164. The van der Waals surface area contributed by atoms with Crippen LogP contribution in [-0.2, 0) is 28.6 Å². The minimum atomic E-state index is -0.646. The zero-order valence-corrected chi connectivity index (χ0v) is 23.2. The average Bonchev–Trinajstić information content (AvgIpc) is 2.62. The number of carbonyl (C=O) groups excluding carboxylic acids is 3. The summed E-state index contributed by atoms with van der Waals surface area (Å²) in [6, 6.07) is -0.309. The molecule has 0 N–H and O–H groups in total. The third kappa shape index (κ3) is 13.0. The van der Waals surface area contributed by atoms with E-state index in [-0.39, 0.29) is 44.2 Å². The fourth-order valence-corrected chi connectivity index (χ4v) is 4.26. The molecule has 0 aliphatic heterocycles. The van der Waals surface area contributed by atoms with E-state index < -0.39 is 28.7 Å². The Morgan fingerprint density at radius 1 is 0.686 bits per heavy atom. The largest absolute Gasteiger partial charge is 0.459 e. The van der Waals surface area contributed by atoms with Crippen molar-refractivity contribution in [3.05, 3.63) is 0 Å². The molecule has 0 aromatic rings. The molecule has 1 saturated carbocycles. The Hall–Kier alpha value is -2.11. The van der Waals surface area contributed by atoms with Crippen LogP contribution in [0, 0.1) is 12.3 Å². The minimum absolute atomic E-state index is 0.0371. The number of nitrogens with zero attached hydrogens (tertiary/aromatic N) is 2. The van der Waals surface area contributed by atoms with Gasteiger partial charge >= 0.3 is 17.9 Å². The highest BCUT2D eigenvalue weighted by Gasteiger charge is 2.38. The molecule has 0 spiro atoms. The Kier molecular flexibility index (Phi) is 11.2. The van der Waals surface area contributed by atoms with Gasteiger partial charge in [0, 0.05) is 12.1 Å². The number of esters is 3. The fourth-order valence-electron chi connectivity index (χ4n) is 4.26. The molecule has 0 saturated heterocycles. The molecule has 0 aromatic carbocycles. The summed E-state index contributed by atoms with van der Waals surface area (Å²) < 4.78 is 16.6. The summed E-state index contributed by atoms with van der Waals surface area (Å²) in [6.45, 7) is 16.5. The second-order valence-electron chi connectivity index (χ2n) is 12.2. The number of rotatable bonds is 9. The molecule has 1 rings (SSSR count). The summed E-state index contributed by atoms with van der Waals surface area (Å²) in [6.07, 6.45) is 9.10. The molecule has 1 aliphatic carbocycles. The van der Waals surface area contributed by atoms with Gasteiger partial charge in [-0.2, -0.15) is 0 Å². The number of terminal acetylenes is 1. The summed E-state index contributed by atoms with van der Waals surface area (Å²) in [4.78, 5) is 41.9. The van der Waals surface area contributed by atoms with Crippen molar-refractivity contribution in [1.29, 1.82) is 0 Å². The number of hydrogen-bond donors (Lipinski definition) is 0. The van der Waals surface area contributed by atoms with Gasteiger partial charge in [-0.1, -0.05) is 18.8 Å². The molecular weight excluding hydrogens is 448 g/mol. The number of hydrogen-bond acceptors (Lipinski definition) is 8. The predicted octanol–water partition coefficient (Wildman–Crippen LogP) is 3.56. The molecule has 0 heterocycles. The summed E-state index contributed by atoms with van der Waals surface area (Å²) in [7, 11) is 0. The fraction of sp³-hybridized carbons (Fsp3) is 0.815. The normalized spacial score (nSPS) is 19.3. The van der Waals surface area contributed by atoms with Crippen molar-refractivity contribution in [1.82, 2.24) is 9.80 Å². The highest BCUT2D eigenvalue weighted by molar-refractivity contribution is 5.75. The van der Waals surface area contributed by atoms with Crippen molar-refractivity contribution in [2.45, 2.75) is 117 Å². The molecule has 1 aliphatic rings. The van der Waals surface area contributed by atoms with Crippen LogP contribution in [0.2, 0.25) is 0 Å². The highest BCUT2D eigenvalue weighted by atomic mass is 16.6. The van der Waals surface area contributed by atoms with Crippen LogP contribution in [0.25, 0.3) is 0 Å². The standard InChI is InChI=1S/C27H46N2O6/c1-11-16-28(17-22(30)33-25(2,3)4)20-14-12-13-15-21(20)29(18-23(31)34-26(5,6)7)19-24(32)35-27(8,9)10/h1,20-21H,12-19H2,2-10H3. The van der Waals surface area contributed by atoms with Gasteiger partial charge in [0.1, 0.15) is 16.8 Å². The maximum Gasteiger partial charge on any atom is 0.320 e. The third-order valence-electron chi connectivity index (χ3n) is 5.18. The Balaban J connectivity index is 3.20. The van der Waals surface area contributed by atoms with E-state index >= 15 is 0 Å². The summed E-state index contributed by atoms with van der Waals surface area (Å²) in [5.41, 5.74) is -1.90. The topological polar surface area (TPSA) is 85.4 Å². The van der Waals surface area contributed by atoms with E-state index in [1.54, 1.807) is 0 Å². The van der Waals surface area contributed by atoms with Gasteiger partial charge in [0.2, 0.25) is 0 Å².